The molecule has 1 aromatic heterocycles. The molecule has 0 saturated heterocycles. The van der Waals surface area contributed by atoms with E-state index in [2.05, 4.69) is 4.98 Å². The lowest BCUT2D eigenvalue weighted by Gasteiger charge is -1.93. The van der Waals surface area contributed by atoms with Gasteiger partial charge in [-0.1, -0.05) is 18.2 Å². The fourth-order valence-corrected chi connectivity index (χ4v) is 1.47. The highest BCUT2D eigenvalue weighted by molar-refractivity contribution is 5.82. The summed E-state index contributed by atoms with van der Waals surface area (Å²) in [4.78, 5) is 13.4. The van der Waals surface area contributed by atoms with Crippen LogP contribution in [-0.2, 0) is 4.79 Å². The molecule has 1 aromatic carbocycles. The molecular formula is C12H11NO2. The van der Waals surface area contributed by atoms with Gasteiger partial charge in [0.25, 0.3) is 0 Å². The predicted molar refractivity (Wildman–Crippen MR) is 59.6 cm³/mol. The third kappa shape index (κ3) is 2.26. The summed E-state index contributed by atoms with van der Waals surface area (Å²) in [6.45, 7) is 0. The van der Waals surface area contributed by atoms with Gasteiger partial charge in [0, 0.05) is 11.7 Å². The number of aromatic amines is 1. The van der Waals surface area contributed by atoms with Gasteiger partial charge in [0.2, 0.25) is 0 Å². The van der Waals surface area contributed by atoms with E-state index >= 15 is 0 Å². The molecule has 0 radical (unpaired) electrons. The summed E-state index contributed by atoms with van der Waals surface area (Å²) in [5.74, 6) is -0.811. The number of carbonyl (C=O) groups is 1. The van der Waals surface area contributed by atoms with Crippen molar-refractivity contribution in [1.82, 2.24) is 4.98 Å². The molecule has 1 heterocycles. The van der Waals surface area contributed by atoms with Crippen LogP contribution in [-0.4, -0.2) is 16.1 Å². The maximum absolute atomic E-state index is 10.3. The predicted octanol–water partition coefficient (Wildman–Crippen LogP) is 2.66. The summed E-state index contributed by atoms with van der Waals surface area (Å²) in [6, 6.07) is 7.95. The summed E-state index contributed by atoms with van der Waals surface area (Å²) < 4.78 is 0. The Morgan fingerprint density at radius 3 is 3.07 bits per heavy atom. The highest BCUT2D eigenvalue weighted by Gasteiger charge is 1.94. The van der Waals surface area contributed by atoms with Gasteiger partial charge in [-0.15, -0.1) is 0 Å². The van der Waals surface area contributed by atoms with Crippen LogP contribution in [0, 0.1) is 0 Å². The van der Waals surface area contributed by atoms with E-state index in [1.54, 1.807) is 6.08 Å². The standard InChI is InChI=1S/C12H11NO2/c14-12(15)3-1-2-9-4-5-11-10(8-9)6-7-13-11/h1-2,4-8,13H,3H2,(H,14,15). The Labute approximate surface area is 87.0 Å². The van der Waals surface area contributed by atoms with Gasteiger partial charge >= 0.3 is 5.97 Å². The second-order valence-electron chi connectivity index (χ2n) is 3.32. The number of hydrogen-bond donors (Lipinski definition) is 2. The van der Waals surface area contributed by atoms with Crippen LogP contribution in [0.25, 0.3) is 17.0 Å². The molecule has 3 nitrogen and oxygen atoms in total. The Morgan fingerprint density at radius 1 is 1.40 bits per heavy atom. The first kappa shape index (κ1) is 9.52. The van der Waals surface area contributed by atoms with Crippen LogP contribution in [0.4, 0.5) is 0 Å². The van der Waals surface area contributed by atoms with Crippen LogP contribution in [0.2, 0.25) is 0 Å². The van der Waals surface area contributed by atoms with Crippen LogP contribution >= 0.6 is 0 Å². The molecular weight excluding hydrogens is 190 g/mol. The van der Waals surface area contributed by atoms with Gasteiger partial charge in [0.1, 0.15) is 0 Å². The number of nitrogens with one attached hydrogen (secondary N) is 1. The largest absolute Gasteiger partial charge is 0.481 e. The summed E-state index contributed by atoms with van der Waals surface area (Å²) in [5, 5.41) is 9.61. The van der Waals surface area contributed by atoms with Crippen LogP contribution in [0.3, 0.4) is 0 Å². The van der Waals surface area contributed by atoms with E-state index in [-0.39, 0.29) is 6.42 Å². The van der Waals surface area contributed by atoms with Crippen LogP contribution in [0.1, 0.15) is 12.0 Å². The van der Waals surface area contributed by atoms with Crippen molar-refractivity contribution in [2.24, 2.45) is 0 Å². The number of benzene rings is 1. The average molecular weight is 201 g/mol. The van der Waals surface area contributed by atoms with E-state index in [4.69, 9.17) is 5.11 Å². The SMILES string of the molecule is O=C(O)CC=Cc1ccc2[nH]ccc2c1. The van der Waals surface area contributed by atoms with Crippen LogP contribution in [0.15, 0.2) is 36.5 Å². The second-order valence-corrected chi connectivity index (χ2v) is 3.32. The van der Waals surface area contributed by atoms with Gasteiger partial charge in [0.15, 0.2) is 0 Å². The number of fused-ring (bicyclic) bond motifs is 1. The third-order valence-corrected chi connectivity index (χ3v) is 2.18. The molecule has 0 fully saturated rings. The van der Waals surface area contributed by atoms with Crippen LogP contribution < -0.4 is 0 Å². The Bertz CT molecular complexity index is 511. The zero-order chi connectivity index (χ0) is 10.7. The second kappa shape index (κ2) is 4.00. The smallest absolute Gasteiger partial charge is 0.307 e. The normalized spacial score (nSPS) is 11.2. The molecule has 2 N–H and O–H groups in total. The van der Waals surface area contributed by atoms with Gasteiger partial charge in [-0.05, 0) is 29.1 Å². The van der Waals surface area contributed by atoms with E-state index < -0.39 is 5.97 Å². The number of carboxylic acids is 1. The highest BCUT2D eigenvalue weighted by Crippen LogP contribution is 2.15. The van der Waals surface area contributed by atoms with Crippen molar-refractivity contribution >= 4 is 22.9 Å². The minimum Gasteiger partial charge on any atom is -0.481 e. The molecule has 0 spiro atoms. The van der Waals surface area contributed by atoms with Gasteiger partial charge in [-0.25, -0.2) is 0 Å². The first-order chi connectivity index (χ1) is 7.25. The van der Waals surface area contributed by atoms with Gasteiger partial charge in [-0.2, -0.15) is 0 Å². The first-order valence-corrected chi connectivity index (χ1v) is 4.71. The molecule has 76 valence electrons. The quantitative estimate of drug-likeness (QED) is 0.802. The zero-order valence-electron chi connectivity index (χ0n) is 8.10. The third-order valence-electron chi connectivity index (χ3n) is 2.18. The molecule has 2 rings (SSSR count). The molecule has 0 bridgehead atoms. The van der Waals surface area contributed by atoms with E-state index in [1.165, 1.54) is 0 Å². The van der Waals surface area contributed by atoms with Crippen molar-refractivity contribution in [2.45, 2.75) is 6.42 Å². The van der Waals surface area contributed by atoms with E-state index in [0.717, 1.165) is 16.5 Å². The van der Waals surface area contributed by atoms with Crippen molar-refractivity contribution < 1.29 is 9.90 Å². The minimum absolute atomic E-state index is 0.0607. The zero-order valence-corrected chi connectivity index (χ0v) is 8.10. The molecule has 0 unspecified atom stereocenters. The maximum Gasteiger partial charge on any atom is 0.307 e. The van der Waals surface area contributed by atoms with Gasteiger partial charge in [0.05, 0.1) is 6.42 Å². The highest BCUT2D eigenvalue weighted by atomic mass is 16.4. The Kier molecular flexibility index (Phi) is 2.54. The molecule has 3 heteroatoms. The van der Waals surface area contributed by atoms with Gasteiger partial charge < -0.3 is 10.1 Å². The first-order valence-electron chi connectivity index (χ1n) is 4.71. The van der Waals surface area contributed by atoms with Crippen molar-refractivity contribution in [3.05, 3.63) is 42.1 Å². The maximum atomic E-state index is 10.3. The number of aromatic nitrogens is 1. The molecule has 0 aliphatic heterocycles. The molecule has 0 aliphatic carbocycles. The summed E-state index contributed by atoms with van der Waals surface area (Å²) in [5.41, 5.74) is 2.11. The lowest BCUT2D eigenvalue weighted by Crippen LogP contribution is -1.89. The topological polar surface area (TPSA) is 53.1 Å². The average Bonchev–Trinajstić information content (AvgIpc) is 2.64. The lowest BCUT2D eigenvalue weighted by molar-refractivity contribution is -0.135. The Balaban J connectivity index is 2.21. The molecule has 0 atom stereocenters. The van der Waals surface area contributed by atoms with E-state index in [1.807, 2.05) is 36.5 Å². The summed E-state index contributed by atoms with van der Waals surface area (Å²) in [6.07, 6.45) is 5.41. The van der Waals surface area contributed by atoms with E-state index in [9.17, 15) is 4.79 Å². The van der Waals surface area contributed by atoms with Gasteiger partial charge in [-0.3, -0.25) is 4.79 Å². The minimum atomic E-state index is -0.811. The summed E-state index contributed by atoms with van der Waals surface area (Å²) in [7, 11) is 0. The number of rotatable bonds is 3. The van der Waals surface area contributed by atoms with E-state index in [0.29, 0.717) is 0 Å². The Morgan fingerprint density at radius 2 is 2.27 bits per heavy atom. The molecule has 2 aromatic rings. The number of H-pyrrole nitrogens is 1. The number of carboxylic acid groups (broad SMARTS) is 1. The monoisotopic (exact) mass is 201 g/mol. The molecule has 15 heavy (non-hydrogen) atoms. The number of aliphatic carboxylic acids is 1. The molecule has 0 aliphatic rings. The van der Waals surface area contributed by atoms with Crippen molar-refractivity contribution in [2.75, 3.05) is 0 Å². The Hall–Kier alpha value is -2.03. The fraction of sp³-hybridized carbons (Fsp3) is 0.0833. The lowest BCUT2D eigenvalue weighted by atomic mass is 10.1. The molecule has 0 amide bonds. The van der Waals surface area contributed by atoms with Crippen LogP contribution in [0.5, 0.6) is 0 Å². The molecule has 0 saturated carbocycles. The van der Waals surface area contributed by atoms with Crippen molar-refractivity contribution in [1.29, 1.82) is 0 Å². The van der Waals surface area contributed by atoms with Crippen molar-refractivity contribution in [3.8, 4) is 0 Å². The van der Waals surface area contributed by atoms with Crippen molar-refractivity contribution in [3.63, 3.8) is 0 Å². The fourth-order valence-electron chi connectivity index (χ4n) is 1.47. The number of hydrogen-bond acceptors (Lipinski definition) is 1. The summed E-state index contributed by atoms with van der Waals surface area (Å²) >= 11 is 0.